The lowest BCUT2D eigenvalue weighted by Gasteiger charge is -2.36. The molecule has 1 unspecified atom stereocenters. The van der Waals surface area contributed by atoms with E-state index in [0.717, 1.165) is 32.4 Å². The predicted octanol–water partition coefficient (Wildman–Crippen LogP) is 1.34. The number of rotatable bonds is 4. The zero-order chi connectivity index (χ0) is 14.8. The second-order valence-electron chi connectivity index (χ2n) is 6.73. The molecule has 1 heterocycles. The number of likely N-dealkylation sites (tertiary alicyclic amines) is 1. The minimum atomic E-state index is -0.756. The van der Waals surface area contributed by atoms with E-state index >= 15 is 0 Å². The molecular weight excluding hydrogens is 256 g/mol. The lowest BCUT2D eigenvalue weighted by molar-refractivity contribution is -0.151. The maximum absolute atomic E-state index is 12.1. The summed E-state index contributed by atoms with van der Waals surface area (Å²) in [5, 5.41) is 12.4. The maximum atomic E-state index is 12.1. The fourth-order valence-electron chi connectivity index (χ4n) is 3.33. The molecule has 2 rings (SSSR count). The first-order chi connectivity index (χ1) is 9.43. The van der Waals surface area contributed by atoms with Crippen molar-refractivity contribution in [2.45, 2.75) is 39.0 Å². The third-order valence-electron chi connectivity index (χ3n) is 5.05. The minimum Gasteiger partial charge on any atom is -0.481 e. The normalized spacial score (nSPS) is 34.9. The molecule has 2 aliphatic rings. The fourth-order valence-corrected chi connectivity index (χ4v) is 3.33. The van der Waals surface area contributed by atoms with Crippen LogP contribution >= 0.6 is 0 Å². The molecular formula is C15H26N2O3. The summed E-state index contributed by atoms with van der Waals surface area (Å²) in [4.78, 5) is 25.9. The fraction of sp³-hybridized carbons (Fsp3) is 0.867. The van der Waals surface area contributed by atoms with Crippen LogP contribution in [-0.4, -0.2) is 48.6 Å². The van der Waals surface area contributed by atoms with E-state index in [1.807, 2.05) is 7.05 Å². The number of nitrogens with zero attached hydrogens (tertiary/aromatic N) is 1. The molecule has 0 spiro atoms. The molecule has 5 heteroatoms. The Hall–Kier alpha value is -1.10. The van der Waals surface area contributed by atoms with E-state index in [9.17, 15) is 14.7 Å². The number of hydrogen-bond acceptors (Lipinski definition) is 3. The summed E-state index contributed by atoms with van der Waals surface area (Å²) in [7, 11) is 2.01. The van der Waals surface area contributed by atoms with Crippen LogP contribution in [0.2, 0.25) is 0 Å². The standard InChI is InChI=1S/C15H26N2O3/c1-11-3-6-15(7-4-11,14(19)20)10-16-13(18)12-5-8-17(2)9-12/h11-12H,3-10H2,1-2H3,(H,16,18)(H,19,20). The van der Waals surface area contributed by atoms with Crippen molar-refractivity contribution in [1.29, 1.82) is 0 Å². The SMILES string of the molecule is CC1CCC(CNC(=O)C2CCN(C)C2)(C(=O)O)CC1. The van der Waals surface area contributed by atoms with Crippen LogP contribution in [0.4, 0.5) is 0 Å². The van der Waals surface area contributed by atoms with Crippen LogP contribution in [0.25, 0.3) is 0 Å². The van der Waals surface area contributed by atoms with Crippen LogP contribution in [0.3, 0.4) is 0 Å². The predicted molar refractivity (Wildman–Crippen MR) is 76.3 cm³/mol. The Morgan fingerprint density at radius 2 is 1.95 bits per heavy atom. The van der Waals surface area contributed by atoms with E-state index in [4.69, 9.17) is 0 Å². The molecule has 1 aliphatic carbocycles. The van der Waals surface area contributed by atoms with Crippen LogP contribution in [0, 0.1) is 17.3 Å². The number of hydrogen-bond donors (Lipinski definition) is 2. The van der Waals surface area contributed by atoms with Crippen molar-refractivity contribution in [3.8, 4) is 0 Å². The Bertz CT molecular complexity index is 375. The van der Waals surface area contributed by atoms with Crippen LogP contribution in [0.5, 0.6) is 0 Å². The number of carboxylic acid groups (broad SMARTS) is 1. The molecule has 1 atom stereocenters. The van der Waals surface area contributed by atoms with Gasteiger partial charge >= 0.3 is 5.97 Å². The van der Waals surface area contributed by atoms with Crippen molar-refractivity contribution in [1.82, 2.24) is 10.2 Å². The van der Waals surface area contributed by atoms with Crippen LogP contribution in [-0.2, 0) is 9.59 Å². The summed E-state index contributed by atoms with van der Waals surface area (Å²) >= 11 is 0. The first-order valence-corrected chi connectivity index (χ1v) is 7.62. The van der Waals surface area contributed by atoms with Crippen LogP contribution in [0.1, 0.15) is 39.0 Å². The second kappa shape index (κ2) is 6.12. The van der Waals surface area contributed by atoms with E-state index in [1.54, 1.807) is 0 Å². The molecule has 0 aromatic rings. The Labute approximate surface area is 120 Å². The third-order valence-corrected chi connectivity index (χ3v) is 5.05. The molecule has 0 aromatic heterocycles. The first-order valence-electron chi connectivity index (χ1n) is 7.62. The zero-order valence-electron chi connectivity index (χ0n) is 12.5. The van der Waals surface area contributed by atoms with Gasteiger partial charge < -0.3 is 15.3 Å². The van der Waals surface area contributed by atoms with Crippen molar-refractivity contribution < 1.29 is 14.7 Å². The summed E-state index contributed by atoms with van der Waals surface area (Å²) in [6, 6.07) is 0. The van der Waals surface area contributed by atoms with Gasteiger partial charge in [0.05, 0.1) is 11.3 Å². The number of carboxylic acids is 1. The van der Waals surface area contributed by atoms with Gasteiger partial charge in [0.15, 0.2) is 0 Å². The summed E-state index contributed by atoms with van der Waals surface area (Å²) in [6.45, 7) is 4.18. The van der Waals surface area contributed by atoms with Gasteiger partial charge in [-0.15, -0.1) is 0 Å². The highest BCUT2D eigenvalue weighted by atomic mass is 16.4. The van der Waals surface area contributed by atoms with Crippen molar-refractivity contribution in [2.24, 2.45) is 17.3 Å². The lowest BCUT2D eigenvalue weighted by Crippen LogP contribution is -2.46. The Kier molecular flexibility index (Phi) is 4.68. The highest BCUT2D eigenvalue weighted by Gasteiger charge is 2.41. The van der Waals surface area contributed by atoms with E-state index in [0.29, 0.717) is 18.8 Å². The van der Waals surface area contributed by atoms with Gasteiger partial charge in [-0.3, -0.25) is 9.59 Å². The summed E-state index contributed by atoms with van der Waals surface area (Å²) < 4.78 is 0. The summed E-state index contributed by atoms with van der Waals surface area (Å²) in [5.74, 6) is -0.114. The molecule has 114 valence electrons. The van der Waals surface area contributed by atoms with E-state index in [2.05, 4.69) is 17.1 Å². The van der Waals surface area contributed by atoms with Crippen molar-refractivity contribution in [3.63, 3.8) is 0 Å². The average Bonchev–Trinajstić information content (AvgIpc) is 2.84. The second-order valence-corrected chi connectivity index (χ2v) is 6.73. The monoisotopic (exact) mass is 282 g/mol. The molecule has 1 amide bonds. The molecule has 2 fully saturated rings. The molecule has 5 nitrogen and oxygen atoms in total. The van der Waals surface area contributed by atoms with Gasteiger partial charge in [-0.2, -0.15) is 0 Å². The largest absolute Gasteiger partial charge is 0.481 e. The first kappa shape index (κ1) is 15.3. The Balaban J connectivity index is 1.89. The van der Waals surface area contributed by atoms with Gasteiger partial charge in [-0.05, 0) is 51.6 Å². The molecule has 0 bridgehead atoms. The average molecular weight is 282 g/mol. The van der Waals surface area contributed by atoms with Gasteiger partial charge in [-0.25, -0.2) is 0 Å². The topological polar surface area (TPSA) is 69.6 Å². The van der Waals surface area contributed by atoms with Gasteiger partial charge in [0, 0.05) is 13.1 Å². The molecule has 0 aromatic carbocycles. The van der Waals surface area contributed by atoms with Crippen molar-refractivity contribution >= 4 is 11.9 Å². The van der Waals surface area contributed by atoms with Crippen LogP contribution < -0.4 is 5.32 Å². The molecule has 2 N–H and O–H groups in total. The molecule has 1 saturated carbocycles. The molecule has 0 radical (unpaired) electrons. The van der Waals surface area contributed by atoms with Gasteiger partial charge in [0.2, 0.25) is 5.91 Å². The summed E-state index contributed by atoms with van der Waals surface area (Å²) in [5.41, 5.74) is -0.743. The van der Waals surface area contributed by atoms with E-state index in [-0.39, 0.29) is 18.4 Å². The number of aliphatic carboxylic acids is 1. The minimum absolute atomic E-state index is 0.0216. The van der Waals surface area contributed by atoms with Gasteiger partial charge in [0.1, 0.15) is 0 Å². The number of amides is 1. The molecule has 1 saturated heterocycles. The van der Waals surface area contributed by atoms with E-state index in [1.165, 1.54) is 0 Å². The Morgan fingerprint density at radius 3 is 2.45 bits per heavy atom. The smallest absolute Gasteiger partial charge is 0.311 e. The number of nitrogens with one attached hydrogen (secondary N) is 1. The highest BCUT2D eigenvalue weighted by molar-refractivity contribution is 5.81. The number of carbonyl (C=O) groups excluding carboxylic acids is 1. The zero-order valence-corrected chi connectivity index (χ0v) is 12.5. The summed E-state index contributed by atoms with van der Waals surface area (Å²) in [6.07, 6.45) is 4.10. The maximum Gasteiger partial charge on any atom is 0.311 e. The van der Waals surface area contributed by atoms with Gasteiger partial charge in [0.25, 0.3) is 0 Å². The van der Waals surface area contributed by atoms with Crippen molar-refractivity contribution in [2.75, 3.05) is 26.7 Å². The number of carbonyl (C=O) groups is 2. The molecule has 1 aliphatic heterocycles. The quantitative estimate of drug-likeness (QED) is 0.816. The Morgan fingerprint density at radius 1 is 1.30 bits per heavy atom. The van der Waals surface area contributed by atoms with Crippen LogP contribution in [0.15, 0.2) is 0 Å². The van der Waals surface area contributed by atoms with Crippen molar-refractivity contribution in [3.05, 3.63) is 0 Å². The van der Waals surface area contributed by atoms with E-state index < -0.39 is 11.4 Å². The van der Waals surface area contributed by atoms with Gasteiger partial charge in [-0.1, -0.05) is 6.92 Å². The lowest BCUT2D eigenvalue weighted by atomic mass is 9.70. The highest BCUT2D eigenvalue weighted by Crippen LogP contribution is 2.38. The molecule has 20 heavy (non-hydrogen) atoms. The third kappa shape index (κ3) is 3.32.